The minimum Gasteiger partial charge on any atom is -0.346 e. The van der Waals surface area contributed by atoms with Crippen molar-refractivity contribution < 1.29 is 0 Å². The van der Waals surface area contributed by atoms with Gasteiger partial charge in [-0.1, -0.05) is 37.5 Å². The Labute approximate surface area is 122 Å². The molecule has 1 aliphatic rings. The van der Waals surface area contributed by atoms with Gasteiger partial charge in [-0.2, -0.15) is 0 Å². The van der Waals surface area contributed by atoms with Gasteiger partial charge in [-0.25, -0.2) is 0 Å². The van der Waals surface area contributed by atoms with E-state index in [4.69, 9.17) is 12.2 Å². The predicted octanol–water partition coefficient (Wildman–Crippen LogP) is 4.35. The van der Waals surface area contributed by atoms with Gasteiger partial charge in [-0.05, 0) is 50.5 Å². The maximum atomic E-state index is 5.61. The smallest absolute Gasteiger partial charge is 0.173 e. The summed E-state index contributed by atoms with van der Waals surface area (Å²) in [5.74, 6) is 0. The molecular weight excluding hydrogens is 252 g/mol. The van der Waals surface area contributed by atoms with E-state index in [0.717, 1.165) is 17.3 Å². The van der Waals surface area contributed by atoms with E-state index < -0.39 is 0 Å². The van der Waals surface area contributed by atoms with Crippen LogP contribution >= 0.6 is 12.2 Å². The highest BCUT2D eigenvalue weighted by molar-refractivity contribution is 7.80. The lowest BCUT2D eigenvalue weighted by molar-refractivity contribution is 0.311. The summed E-state index contributed by atoms with van der Waals surface area (Å²) in [6.07, 6.45) is 6.37. The number of nitrogens with zero attached hydrogens (tertiary/aromatic N) is 1. The van der Waals surface area contributed by atoms with Gasteiger partial charge in [-0.15, -0.1) is 0 Å². The van der Waals surface area contributed by atoms with Gasteiger partial charge in [0.2, 0.25) is 0 Å². The molecule has 104 valence electrons. The van der Waals surface area contributed by atoms with Gasteiger partial charge in [0.15, 0.2) is 5.11 Å². The van der Waals surface area contributed by atoms with Crippen LogP contribution in [0.3, 0.4) is 0 Å². The van der Waals surface area contributed by atoms with Crippen molar-refractivity contribution in [3.8, 4) is 0 Å². The van der Waals surface area contributed by atoms with E-state index >= 15 is 0 Å². The van der Waals surface area contributed by atoms with Crippen molar-refractivity contribution in [2.45, 2.75) is 52.0 Å². The first-order chi connectivity index (χ1) is 9.20. The maximum Gasteiger partial charge on any atom is 0.173 e. The second-order valence-corrected chi connectivity index (χ2v) is 5.79. The lowest BCUT2D eigenvalue weighted by Crippen LogP contribution is -2.42. The Balaban J connectivity index is 2.02. The molecule has 19 heavy (non-hydrogen) atoms. The highest BCUT2D eigenvalue weighted by atomic mass is 32.1. The van der Waals surface area contributed by atoms with Crippen LogP contribution in [0, 0.1) is 6.92 Å². The summed E-state index contributed by atoms with van der Waals surface area (Å²) in [6.45, 7) is 5.46. The average molecular weight is 276 g/mol. The molecule has 1 aliphatic heterocycles. The molecule has 0 radical (unpaired) electrons. The second-order valence-electron chi connectivity index (χ2n) is 5.40. The summed E-state index contributed by atoms with van der Waals surface area (Å²) < 4.78 is 0. The fourth-order valence-corrected chi connectivity index (χ4v) is 3.06. The van der Waals surface area contributed by atoms with Crippen LogP contribution in [0.25, 0.3) is 0 Å². The molecule has 1 aromatic carbocycles. The van der Waals surface area contributed by atoms with Crippen LogP contribution in [0.5, 0.6) is 0 Å². The second kappa shape index (κ2) is 6.90. The van der Waals surface area contributed by atoms with Crippen molar-refractivity contribution in [1.29, 1.82) is 0 Å². The topological polar surface area (TPSA) is 15.3 Å². The van der Waals surface area contributed by atoms with E-state index in [1.807, 2.05) is 0 Å². The fraction of sp³-hybridized carbons (Fsp3) is 0.562. The Morgan fingerprint density at radius 2 is 2.00 bits per heavy atom. The van der Waals surface area contributed by atoms with Crippen molar-refractivity contribution in [3.63, 3.8) is 0 Å². The Kier molecular flexibility index (Phi) is 5.20. The first-order valence-electron chi connectivity index (χ1n) is 7.35. The molecule has 1 fully saturated rings. The molecular formula is C16H24N2S. The number of rotatable bonds is 2. The van der Waals surface area contributed by atoms with Crippen molar-refractivity contribution in [1.82, 2.24) is 4.90 Å². The zero-order chi connectivity index (χ0) is 13.7. The number of hydrogen-bond acceptors (Lipinski definition) is 1. The highest BCUT2D eigenvalue weighted by Gasteiger charge is 2.21. The largest absolute Gasteiger partial charge is 0.346 e. The monoisotopic (exact) mass is 276 g/mol. The van der Waals surface area contributed by atoms with Gasteiger partial charge in [-0.3, -0.25) is 0 Å². The first-order valence-corrected chi connectivity index (χ1v) is 7.76. The average Bonchev–Trinajstić information content (AvgIpc) is 2.66. The van der Waals surface area contributed by atoms with Crippen molar-refractivity contribution in [3.05, 3.63) is 29.8 Å². The number of thiocarbonyl (C=S) groups is 1. The van der Waals surface area contributed by atoms with Crippen LogP contribution < -0.4 is 5.32 Å². The number of hydrogen-bond donors (Lipinski definition) is 1. The third kappa shape index (κ3) is 3.93. The van der Waals surface area contributed by atoms with Crippen molar-refractivity contribution in [2.24, 2.45) is 0 Å². The van der Waals surface area contributed by atoms with Crippen LogP contribution in [0.4, 0.5) is 5.69 Å². The summed E-state index contributed by atoms with van der Waals surface area (Å²) in [7, 11) is 0. The molecule has 2 nitrogen and oxygen atoms in total. The normalized spacial score (nSPS) is 19.9. The zero-order valence-corrected chi connectivity index (χ0v) is 12.8. The molecule has 1 heterocycles. The number of nitrogens with one attached hydrogen (secondary N) is 1. The van der Waals surface area contributed by atoms with E-state index in [9.17, 15) is 0 Å². The third-order valence-corrected chi connectivity index (χ3v) is 4.25. The fourth-order valence-electron chi connectivity index (χ4n) is 2.70. The molecule has 0 bridgehead atoms. The third-order valence-electron chi connectivity index (χ3n) is 3.91. The molecule has 0 spiro atoms. The lowest BCUT2D eigenvalue weighted by atomic mass is 10.1. The number of likely N-dealkylation sites (tertiary alicyclic amines) is 1. The minimum absolute atomic E-state index is 0.605. The van der Waals surface area contributed by atoms with Crippen molar-refractivity contribution >= 4 is 23.0 Å². The molecule has 1 unspecified atom stereocenters. The molecule has 1 aromatic rings. The van der Waals surface area contributed by atoms with E-state index in [0.29, 0.717) is 6.04 Å². The van der Waals surface area contributed by atoms with E-state index in [1.54, 1.807) is 0 Å². The van der Waals surface area contributed by atoms with Gasteiger partial charge in [0, 0.05) is 18.3 Å². The highest BCUT2D eigenvalue weighted by Crippen LogP contribution is 2.20. The molecule has 3 heteroatoms. The summed E-state index contributed by atoms with van der Waals surface area (Å²) in [6, 6.07) is 9.03. The standard InChI is InChI=1S/C16H24N2S/c1-3-15-7-5-4-6-12-18(15)16(19)17-14-10-8-13(2)9-11-14/h8-11,15H,3-7,12H2,1-2H3,(H,17,19). The van der Waals surface area contributed by atoms with Crippen LogP contribution in [-0.4, -0.2) is 22.6 Å². The Hall–Kier alpha value is -1.09. The van der Waals surface area contributed by atoms with Crippen LogP contribution in [0.1, 0.15) is 44.6 Å². The Bertz CT molecular complexity index is 413. The van der Waals surface area contributed by atoms with Gasteiger partial charge in [0.25, 0.3) is 0 Å². The van der Waals surface area contributed by atoms with Gasteiger partial charge in [0.1, 0.15) is 0 Å². The first kappa shape index (κ1) is 14.3. The summed E-state index contributed by atoms with van der Waals surface area (Å²) in [4.78, 5) is 2.39. The quantitative estimate of drug-likeness (QED) is 0.809. The summed E-state index contributed by atoms with van der Waals surface area (Å²) >= 11 is 5.61. The number of aryl methyl sites for hydroxylation is 1. The van der Waals surface area contributed by atoms with Gasteiger partial charge in [0.05, 0.1) is 0 Å². The predicted molar refractivity (Wildman–Crippen MR) is 86.7 cm³/mol. The number of anilines is 1. The van der Waals surface area contributed by atoms with E-state index in [1.165, 1.54) is 37.7 Å². The summed E-state index contributed by atoms with van der Waals surface area (Å²) in [5.41, 5.74) is 2.37. The molecule has 0 aliphatic carbocycles. The van der Waals surface area contributed by atoms with Crippen LogP contribution in [-0.2, 0) is 0 Å². The molecule has 0 aromatic heterocycles. The van der Waals surface area contributed by atoms with Crippen LogP contribution in [0.15, 0.2) is 24.3 Å². The lowest BCUT2D eigenvalue weighted by Gasteiger charge is -2.32. The van der Waals surface area contributed by atoms with Crippen molar-refractivity contribution in [2.75, 3.05) is 11.9 Å². The Morgan fingerprint density at radius 3 is 2.68 bits per heavy atom. The molecule has 1 N–H and O–H groups in total. The maximum absolute atomic E-state index is 5.61. The molecule has 1 atom stereocenters. The number of benzene rings is 1. The Morgan fingerprint density at radius 1 is 1.26 bits per heavy atom. The SMILES string of the molecule is CCC1CCCCCN1C(=S)Nc1ccc(C)cc1. The molecule has 0 amide bonds. The van der Waals surface area contributed by atoms with Crippen LogP contribution in [0.2, 0.25) is 0 Å². The molecule has 1 saturated heterocycles. The van der Waals surface area contributed by atoms with E-state index in [2.05, 4.69) is 48.3 Å². The van der Waals surface area contributed by atoms with Gasteiger partial charge >= 0.3 is 0 Å². The van der Waals surface area contributed by atoms with E-state index in [-0.39, 0.29) is 0 Å². The molecule has 0 saturated carbocycles. The summed E-state index contributed by atoms with van der Waals surface area (Å²) in [5, 5.41) is 4.27. The zero-order valence-electron chi connectivity index (χ0n) is 12.0. The minimum atomic E-state index is 0.605. The molecule has 2 rings (SSSR count). The van der Waals surface area contributed by atoms with Gasteiger partial charge < -0.3 is 10.2 Å².